The van der Waals surface area contributed by atoms with Crippen LogP contribution in [0.4, 0.5) is 10.1 Å². The molecule has 6 nitrogen and oxygen atoms in total. The first-order valence-electron chi connectivity index (χ1n) is 11.2. The molecule has 0 spiro atoms. The normalized spacial score (nSPS) is 15.1. The molecule has 0 aliphatic carbocycles. The molecule has 0 atom stereocenters. The Morgan fingerprint density at radius 3 is 2.44 bits per heavy atom. The van der Waals surface area contributed by atoms with E-state index in [1.165, 1.54) is 6.26 Å². The standard InChI is InChI=1S/C26H26FN3O3S/c1-34(31,32)24-7-8-25-20(16-24)10-15-30(25)26-9-6-23(18-28-26)33-22-11-13-29(14-12-22)21-4-2-19(17-27)3-5-21/h2-10,15-16,18,22H,11-14,17H2,1H3. The monoisotopic (exact) mass is 479 g/mol. The van der Waals surface area contributed by atoms with Gasteiger partial charge >= 0.3 is 0 Å². The van der Waals surface area contributed by atoms with Crippen molar-refractivity contribution in [2.75, 3.05) is 24.2 Å². The molecular weight excluding hydrogens is 453 g/mol. The van der Waals surface area contributed by atoms with E-state index in [2.05, 4.69) is 9.88 Å². The smallest absolute Gasteiger partial charge is 0.175 e. The fourth-order valence-corrected chi connectivity index (χ4v) is 5.01. The zero-order valence-corrected chi connectivity index (χ0v) is 19.7. The van der Waals surface area contributed by atoms with Gasteiger partial charge in [-0.3, -0.25) is 0 Å². The molecule has 176 valence electrons. The number of hydrogen-bond donors (Lipinski definition) is 0. The summed E-state index contributed by atoms with van der Waals surface area (Å²) in [4.78, 5) is 7.17. The van der Waals surface area contributed by atoms with Gasteiger partial charge in [-0.25, -0.2) is 17.8 Å². The number of aromatic nitrogens is 2. The fraction of sp³-hybridized carbons (Fsp3) is 0.269. The number of rotatable bonds is 6. The molecular formula is C26H26FN3O3S. The molecule has 1 saturated heterocycles. The second-order valence-electron chi connectivity index (χ2n) is 8.63. The van der Waals surface area contributed by atoms with Gasteiger partial charge in [0.15, 0.2) is 9.84 Å². The van der Waals surface area contributed by atoms with Crippen molar-refractivity contribution in [3.05, 3.63) is 78.6 Å². The van der Waals surface area contributed by atoms with Crippen molar-refractivity contribution >= 4 is 26.4 Å². The Morgan fingerprint density at radius 1 is 1.03 bits per heavy atom. The van der Waals surface area contributed by atoms with E-state index in [1.807, 2.05) is 53.2 Å². The predicted molar refractivity (Wildman–Crippen MR) is 131 cm³/mol. The molecule has 1 fully saturated rings. The zero-order valence-electron chi connectivity index (χ0n) is 18.9. The molecule has 4 aromatic rings. The third kappa shape index (κ3) is 4.63. The molecule has 34 heavy (non-hydrogen) atoms. The summed E-state index contributed by atoms with van der Waals surface area (Å²) in [5, 5.41) is 0.844. The summed E-state index contributed by atoms with van der Waals surface area (Å²) in [6.45, 7) is 1.33. The zero-order chi connectivity index (χ0) is 23.7. The second kappa shape index (κ2) is 9.10. The lowest BCUT2D eigenvalue weighted by atomic mass is 10.1. The molecule has 0 bridgehead atoms. The van der Waals surface area contributed by atoms with Gasteiger partial charge in [-0.1, -0.05) is 12.1 Å². The van der Waals surface area contributed by atoms with E-state index in [9.17, 15) is 12.8 Å². The number of halogens is 1. The molecule has 1 aliphatic rings. The van der Waals surface area contributed by atoms with Crippen LogP contribution in [0, 0.1) is 0 Å². The number of alkyl halides is 1. The molecule has 0 unspecified atom stereocenters. The van der Waals surface area contributed by atoms with Crippen molar-refractivity contribution in [1.29, 1.82) is 0 Å². The lowest BCUT2D eigenvalue weighted by Crippen LogP contribution is -2.38. The predicted octanol–water partition coefficient (Wildman–Crippen LogP) is 4.95. The lowest BCUT2D eigenvalue weighted by molar-refractivity contribution is 0.170. The first kappa shape index (κ1) is 22.4. The van der Waals surface area contributed by atoms with Crippen molar-refractivity contribution in [3.8, 4) is 11.6 Å². The molecule has 3 heterocycles. The number of benzene rings is 2. The van der Waals surface area contributed by atoms with Gasteiger partial charge in [-0.05, 0) is 54.1 Å². The maximum Gasteiger partial charge on any atom is 0.175 e. The van der Waals surface area contributed by atoms with E-state index in [0.29, 0.717) is 10.5 Å². The average molecular weight is 480 g/mol. The van der Waals surface area contributed by atoms with Crippen LogP contribution in [-0.4, -0.2) is 43.4 Å². The number of nitrogens with zero attached hydrogens (tertiary/aromatic N) is 3. The van der Waals surface area contributed by atoms with Crippen LogP contribution < -0.4 is 9.64 Å². The van der Waals surface area contributed by atoms with Crippen molar-refractivity contribution in [2.24, 2.45) is 0 Å². The number of hydrogen-bond acceptors (Lipinski definition) is 5. The molecule has 8 heteroatoms. The van der Waals surface area contributed by atoms with Gasteiger partial charge in [0, 0.05) is 49.5 Å². The van der Waals surface area contributed by atoms with Gasteiger partial charge in [0.1, 0.15) is 24.3 Å². The number of ether oxygens (including phenoxy) is 1. The summed E-state index contributed by atoms with van der Waals surface area (Å²) < 4.78 is 44.5. The van der Waals surface area contributed by atoms with E-state index in [4.69, 9.17) is 4.74 Å². The SMILES string of the molecule is CS(=O)(=O)c1ccc2c(ccn2-c2ccc(OC3CCN(c4ccc(CF)cc4)CC3)cn2)c1. The quantitative estimate of drug-likeness (QED) is 0.392. The summed E-state index contributed by atoms with van der Waals surface area (Å²) in [5.41, 5.74) is 2.70. The van der Waals surface area contributed by atoms with Gasteiger partial charge in [-0.2, -0.15) is 0 Å². The second-order valence-corrected chi connectivity index (χ2v) is 10.7. The largest absolute Gasteiger partial charge is 0.489 e. The summed E-state index contributed by atoms with van der Waals surface area (Å²) in [7, 11) is -3.25. The van der Waals surface area contributed by atoms with Crippen LogP contribution in [0.25, 0.3) is 16.7 Å². The van der Waals surface area contributed by atoms with Crippen molar-refractivity contribution in [2.45, 2.75) is 30.5 Å². The summed E-state index contributed by atoms with van der Waals surface area (Å²) in [6, 6.07) is 18.4. The molecule has 2 aromatic carbocycles. The topological polar surface area (TPSA) is 64.4 Å². The van der Waals surface area contributed by atoms with Gasteiger partial charge in [-0.15, -0.1) is 0 Å². The van der Waals surface area contributed by atoms with Crippen LogP contribution in [0.1, 0.15) is 18.4 Å². The van der Waals surface area contributed by atoms with Gasteiger partial charge in [0.2, 0.25) is 0 Å². The maximum absolute atomic E-state index is 12.7. The molecule has 5 rings (SSSR count). The maximum atomic E-state index is 12.7. The molecule has 0 amide bonds. The number of anilines is 1. The van der Waals surface area contributed by atoms with Gasteiger partial charge in [0.25, 0.3) is 0 Å². The lowest BCUT2D eigenvalue weighted by Gasteiger charge is -2.33. The van der Waals surface area contributed by atoms with Crippen LogP contribution in [0.5, 0.6) is 5.75 Å². The Morgan fingerprint density at radius 2 is 1.79 bits per heavy atom. The number of pyridine rings is 1. The number of sulfone groups is 1. The Labute approximate surface area is 198 Å². The summed E-state index contributed by atoms with van der Waals surface area (Å²) in [6.07, 6.45) is 6.75. The first-order chi connectivity index (χ1) is 16.4. The van der Waals surface area contributed by atoms with Crippen molar-refractivity contribution in [3.63, 3.8) is 0 Å². The Balaban J connectivity index is 1.23. The average Bonchev–Trinajstić information content (AvgIpc) is 3.28. The Hall–Kier alpha value is -3.39. The van der Waals surface area contributed by atoms with Crippen LogP contribution in [0.15, 0.2) is 78.0 Å². The van der Waals surface area contributed by atoms with Crippen LogP contribution >= 0.6 is 0 Å². The molecule has 2 aromatic heterocycles. The first-order valence-corrected chi connectivity index (χ1v) is 13.1. The van der Waals surface area contributed by atoms with E-state index in [-0.39, 0.29) is 6.10 Å². The van der Waals surface area contributed by atoms with E-state index in [1.54, 1.807) is 24.4 Å². The van der Waals surface area contributed by atoms with E-state index < -0.39 is 16.5 Å². The van der Waals surface area contributed by atoms with Crippen LogP contribution in [0.3, 0.4) is 0 Å². The minimum absolute atomic E-state index is 0.121. The van der Waals surface area contributed by atoms with Crippen molar-refractivity contribution < 1.29 is 17.5 Å². The van der Waals surface area contributed by atoms with Crippen molar-refractivity contribution in [1.82, 2.24) is 9.55 Å². The molecule has 1 aliphatic heterocycles. The highest BCUT2D eigenvalue weighted by molar-refractivity contribution is 7.90. The minimum atomic E-state index is -3.25. The number of fused-ring (bicyclic) bond motifs is 1. The number of piperidine rings is 1. The molecule has 0 saturated carbocycles. The van der Waals surface area contributed by atoms with Crippen LogP contribution in [0.2, 0.25) is 0 Å². The van der Waals surface area contributed by atoms with Gasteiger partial charge in [0.05, 0.1) is 16.6 Å². The van der Waals surface area contributed by atoms with E-state index in [0.717, 1.165) is 54.1 Å². The summed E-state index contributed by atoms with van der Waals surface area (Å²) in [5.74, 6) is 1.46. The molecule has 0 radical (unpaired) electrons. The van der Waals surface area contributed by atoms with E-state index >= 15 is 0 Å². The highest BCUT2D eigenvalue weighted by Gasteiger charge is 2.21. The summed E-state index contributed by atoms with van der Waals surface area (Å²) >= 11 is 0. The third-order valence-corrected chi connectivity index (χ3v) is 7.37. The third-order valence-electron chi connectivity index (χ3n) is 6.26. The highest BCUT2D eigenvalue weighted by atomic mass is 32.2. The Kier molecular flexibility index (Phi) is 6.00. The highest BCUT2D eigenvalue weighted by Crippen LogP contribution is 2.26. The minimum Gasteiger partial charge on any atom is -0.489 e. The Bertz CT molecular complexity index is 1390. The molecule has 0 N–H and O–H groups in total. The van der Waals surface area contributed by atoms with Crippen LogP contribution in [-0.2, 0) is 16.5 Å². The fourth-order valence-electron chi connectivity index (χ4n) is 4.36. The van der Waals surface area contributed by atoms with Gasteiger partial charge < -0.3 is 14.2 Å².